The van der Waals surface area contributed by atoms with E-state index in [1.807, 2.05) is 17.8 Å². The molecule has 1 aromatic heterocycles. The maximum atomic E-state index is 10.4. The van der Waals surface area contributed by atoms with Gasteiger partial charge in [0.15, 0.2) is 0 Å². The molecule has 0 saturated carbocycles. The van der Waals surface area contributed by atoms with Crippen LogP contribution in [0.2, 0.25) is 0 Å². The van der Waals surface area contributed by atoms with Crippen molar-refractivity contribution in [1.82, 2.24) is 9.78 Å². The van der Waals surface area contributed by atoms with Crippen molar-refractivity contribution in [1.29, 1.82) is 0 Å². The van der Waals surface area contributed by atoms with E-state index in [2.05, 4.69) is 18.9 Å². The van der Waals surface area contributed by atoms with Crippen molar-refractivity contribution >= 4 is 6.29 Å². The first-order valence-corrected chi connectivity index (χ1v) is 4.14. The standard InChI is InChI=1S/C9H14N2O/c1-7(2)11-5-9(4-10-11)8(3)6-12/h4-8H,1-3H3. The highest BCUT2D eigenvalue weighted by atomic mass is 16.1. The minimum absolute atomic E-state index is 0.0440. The van der Waals surface area contributed by atoms with Gasteiger partial charge in [-0.25, -0.2) is 0 Å². The smallest absolute Gasteiger partial charge is 0.127 e. The number of aromatic nitrogens is 2. The molecule has 1 aromatic rings. The Hall–Kier alpha value is -1.12. The molecule has 3 heteroatoms. The van der Waals surface area contributed by atoms with Crippen molar-refractivity contribution in [3.63, 3.8) is 0 Å². The SMILES string of the molecule is CC(C=O)c1cnn(C(C)C)c1. The average molecular weight is 166 g/mol. The number of nitrogens with zero attached hydrogens (tertiary/aromatic N) is 2. The third-order valence-corrected chi connectivity index (χ3v) is 1.88. The van der Waals surface area contributed by atoms with Gasteiger partial charge in [0, 0.05) is 18.2 Å². The van der Waals surface area contributed by atoms with Gasteiger partial charge in [0.2, 0.25) is 0 Å². The average Bonchev–Trinajstić information content (AvgIpc) is 2.51. The van der Waals surface area contributed by atoms with E-state index in [1.54, 1.807) is 6.20 Å². The highest BCUT2D eigenvalue weighted by Gasteiger charge is 2.07. The third-order valence-electron chi connectivity index (χ3n) is 1.88. The molecule has 0 bridgehead atoms. The van der Waals surface area contributed by atoms with E-state index in [4.69, 9.17) is 0 Å². The molecule has 0 N–H and O–H groups in total. The molecule has 1 unspecified atom stereocenters. The van der Waals surface area contributed by atoms with E-state index in [-0.39, 0.29) is 5.92 Å². The molecular formula is C9H14N2O. The number of rotatable bonds is 3. The van der Waals surface area contributed by atoms with Crippen LogP contribution in [-0.2, 0) is 4.79 Å². The molecule has 0 spiro atoms. The second-order valence-electron chi connectivity index (χ2n) is 3.27. The molecule has 0 aliphatic carbocycles. The third kappa shape index (κ3) is 1.72. The quantitative estimate of drug-likeness (QED) is 0.641. The Kier molecular flexibility index (Phi) is 2.63. The van der Waals surface area contributed by atoms with Crippen molar-refractivity contribution in [3.8, 4) is 0 Å². The molecule has 1 rings (SSSR count). The molecular weight excluding hydrogens is 152 g/mol. The first kappa shape index (κ1) is 8.97. The van der Waals surface area contributed by atoms with Crippen LogP contribution in [0.1, 0.15) is 38.3 Å². The fraction of sp³-hybridized carbons (Fsp3) is 0.556. The molecule has 0 saturated heterocycles. The molecule has 0 aromatic carbocycles. The lowest BCUT2D eigenvalue weighted by molar-refractivity contribution is -0.108. The summed E-state index contributed by atoms with van der Waals surface area (Å²) in [6, 6.07) is 0.359. The molecule has 0 aliphatic rings. The van der Waals surface area contributed by atoms with Crippen molar-refractivity contribution in [2.24, 2.45) is 0 Å². The lowest BCUT2D eigenvalue weighted by Gasteiger charge is -2.03. The molecule has 1 atom stereocenters. The summed E-state index contributed by atoms with van der Waals surface area (Å²) >= 11 is 0. The topological polar surface area (TPSA) is 34.9 Å². The minimum atomic E-state index is -0.0440. The maximum absolute atomic E-state index is 10.4. The van der Waals surface area contributed by atoms with Crippen molar-refractivity contribution in [3.05, 3.63) is 18.0 Å². The number of aldehydes is 1. The van der Waals surface area contributed by atoms with Crippen LogP contribution < -0.4 is 0 Å². The van der Waals surface area contributed by atoms with Crippen LogP contribution in [0.25, 0.3) is 0 Å². The Labute approximate surface area is 72.4 Å². The number of hydrogen-bond donors (Lipinski definition) is 0. The normalized spacial score (nSPS) is 13.3. The molecule has 0 radical (unpaired) electrons. The van der Waals surface area contributed by atoms with Gasteiger partial charge in [-0.2, -0.15) is 5.10 Å². The fourth-order valence-corrected chi connectivity index (χ4v) is 0.949. The van der Waals surface area contributed by atoms with Crippen molar-refractivity contribution in [2.75, 3.05) is 0 Å². The zero-order valence-corrected chi connectivity index (χ0v) is 7.69. The Morgan fingerprint density at radius 3 is 2.58 bits per heavy atom. The van der Waals surface area contributed by atoms with Crippen molar-refractivity contribution < 1.29 is 4.79 Å². The summed E-state index contributed by atoms with van der Waals surface area (Å²) in [5.74, 6) is -0.0440. The van der Waals surface area contributed by atoms with E-state index in [1.165, 1.54) is 0 Å². The van der Waals surface area contributed by atoms with E-state index in [0.29, 0.717) is 6.04 Å². The molecule has 0 fully saturated rings. The zero-order chi connectivity index (χ0) is 9.14. The summed E-state index contributed by atoms with van der Waals surface area (Å²) in [4.78, 5) is 10.4. The number of carbonyl (C=O) groups excluding carboxylic acids is 1. The summed E-state index contributed by atoms with van der Waals surface area (Å²) in [7, 11) is 0. The van der Waals surface area contributed by atoms with Gasteiger partial charge in [-0.3, -0.25) is 4.68 Å². The summed E-state index contributed by atoms with van der Waals surface area (Å²) in [6.07, 6.45) is 4.60. The molecule has 3 nitrogen and oxygen atoms in total. The van der Waals surface area contributed by atoms with E-state index in [0.717, 1.165) is 11.8 Å². The Balaban J connectivity index is 2.83. The summed E-state index contributed by atoms with van der Waals surface area (Å²) in [6.45, 7) is 5.99. The Morgan fingerprint density at radius 1 is 1.50 bits per heavy atom. The summed E-state index contributed by atoms with van der Waals surface area (Å²) < 4.78 is 1.86. The number of hydrogen-bond acceptors (Lipinski definition) is 2. The second kappa shape index (κ2) is 3.52. The van der Waals surface area contributed by atoms with Crippen LogP contribution in [0.15, 0.2) is 12.4 Å². The van der Waals surface area contributed by atoms with Gasteiger partial charge >= 0.3 is 0 Å². The zero-order valence-electron chi connectivity index (χ0n) is 7.69. The fourth-order valence-electron chi connectivity index (χ4n) is 0.949. The van der Waals surface area contributed by atoms with Gasteiger partial charge in [-0.05, 0) is 19.4 Å². The van der Waals surface area contributed by atoms with Gasteiger partial charge < -0.3 is 4.79 Å². The van der Waals surface area contributed by atoms with Gasteiger partial charge in [0.25, 0.3) is 0 Å². The monoisotopic (exact) mass is 166 g/mol. The highest BCUT2D eigenvalue weighted by molar-refractivity contribution is 5.60. The van der Waals surface area contributed by atoms with Crippen LogP contribution in [0.3, 0.4) is 0 Å². The van der Waals surface area contributed by atoms with Gasteiger partial charge in [-0.15, -0.1) is 0 Å². The van der Waals surface area contributed by atoms with Crippen LogP contribution in [0.4, 0.5) is 0 Å². The molecule has 0 aliphatic heterocycles. The molecule has 0 amide bonds. The van der Waals surface area contributed by atoms with Crippen LogP contribution in [0, 0.1) is 0 Å². The second-order valence-corrected chi connectivity index (χ2v) is 3.27. The van der Waals surface area contributed by atoms with Gasteiger partial charge in [-0.1, -0.05) is 6.92 Å². The number of carbonyl (C=O) groups is 1. The van der Waals surface area contributed by atoms with E-state index in [9.17, 15) is 4.79 Å². The van der Waals surface area contributed by atoms with Gasteiger partial charge in [0.1, 0.15) is 6.29 Å². The first-order valence-electron chi connectivity index (χ1n) is 4.14. The van der Waals surface area contributed by atoms with Crippen LogP contribution >= 0.6 is 0 Å². The lowest BCUT2D eigenvalue weighted by Crippen LogP contribution is -2.00. The highest BCUT2D eigenvalue weighted by Crippen LogP contribution is 2.13. The summed E-state index contributed by atoms with van der Waals surface area (Å²) in [5, 5.41) is 4.14. The van der Waals surface area contributed by atoms with Crippen molar-refractivity contribution in [2.45, 2.75) is 32.7 Å². The molecule has 66 valence electrons. The van der Waals surface area contributed by atoms with Crippen LogP contribution in [-0.4, -0.2) is 16.1 Å². The summed E-state index contributed by atoms with van der Waals surface area (Å²) in [5.41, 5.74) is 0.985. The lowest BCUT2D eigenvalue weighted by atomic mass is 10.1. The van der Waals surface area contributed by atoms with Crippen LogP contribution in [0.5, 0.6) is 0 Å². The minimum Gasteiger partial charge on any atom is -0.303 e. The molecule has 1 heterocycles. The largest absolute Gasteiger partial charge is 0.303 e. The maximum Gasteiger partial charge on any atom is 0.127 e. The Bertz CT molecular complexity index is 265. The van der Waals surface area contributed by atoms with E-state index >= 15 is 0 Å². The predicted octanol–water partition coefficient (Wildman–Crippen LogP) is 1.77. The first-order chi connectivity index (χ1) is 5.65. The Morgan fingerprint density at radius 2 is 2.17 bits per heavy atom. The predicted molar refractivity (Wildman–Crippen MR) is 47.1 cm³/mol. The molecule has 12 heavy (non-hydrogen) atoms. The van der Waals surface area contributed by atoms with E-state index < -0.39 is 0 Å². The van der Waals surface area contributed by atoms with Gasteiger partial charge in [0.05, 0.1) is 6.20 Å².